The van der Waals surface area contributed by atoms with Crippen molar-refractivity contribution in [2.24, 2.45) is 0 Å². The van der Waals surface area contributed by atoms with Gasteiger partial charge in [-0.2, -0.15) is 5.10 Å². The maximum absolute atomic E-state index is 11.0. The van der Waals surface area contributed by atoms with Crippen molar-refractivity contribution in [3.63, 3.8) is 0 Å². The molecule has 0 unspecified atom stereocenters. The van der Waals surface area contributed by atoms with Crippen LogP contribution in [0, 0.1) is 10.1 Å². The van der Waals surface area contributed by atoms with Gasteiger partial charge in [-0.05, 0) is 37.2 Å². The molecule has 2 aromatic carbocycles. The van der Waals surface area contributed by atoms with E-state index in [2.05, 4.69) is 30.4 Å². The predicted molar refractivity (Wildman–Crippen MR) is 118 cm³/mol. The number of benzene rings is 2. The molecule has 3 N–H and O–H groups in total. The lowest BCUT2D eigenvalue weighted by molar-refractivity contribution is -0.384. The fourth-order valence-corrected chi connectivity index (χ4v) is 3.89. The zero-order valence-corrected chi connectivity index (χ0v) is 16.9. The Kier molecular flexibility index (Phi) is 5.23. The smallest absolute Gasteiger partial charge is 0.271 e. The Balaban J connectivity index is 1.29. The number of aromatic amines is 2. The van der Waals surface area contributed by atoms with Gasteiger partial charge >= 0.3 is 0 Å². The Morgan fingerprint density at radius 1 is 1.16 bits per heavy atom. The number of nitro benzene ring substituents is 1. The summed E-state index contributed by atoms with van der Waals surface area (Å²) in [4.78, 5) is 21.0. The SMILES string of the molecule is O=[N+]([O-])c1ccc2c(-c3nc4ccc(NCCCN5CCOCC5)cc4[nH]3)n[nH]c2c1. The predicted octanol–water partition coefficient (Wildman–Crippen LogP) is 3.15. The second-order valence-electron chi connectivity index (χ2n) is 7.61. The summed E-state index contributed by atoms with van der Waals surface area (Å²) in [6.45, 7) is 5.64. The van der Waals surface area contributed by atoms with Gasteiger partial charge in [-0.3, -0.25) is 20.1 Å². The number of morpholine rings is 1. The summed E-state index contributed by atoms with van der Waals surface area (Å²) in [5, 5.41) is 22.4. The van der Waals surface area contributed by atoms with Gasteiger partial charge in [0.15, 0.2) is 5.82 Å². The molecule has 0 spiro atoms. The Morgan fingerprint density at radius 3 is 2.87 bits per heavy atom. The normalized spacial score (nSPS) is 15.0. The van der Waals surface area contributed by atoms with Gasteiger partial charge in [0.05, 0.1) is 34.7 Å². The zero-order valence-electron chi connectivity index (χ0n) is 16.9. The second kappa shape index (κ2) is 8.32. The average molecular weight is 421 g/mol. The fraction of sp³-hybridized carbons (Fsp3) is 0.333. The second-order valence-corrected chi connectivity index (χ2v) is 7.61. The van der Waals surface area contributed by atoms with Gasteiger partial charge in [0.25, 0.3) is 5.69 Å². The van der Waals surface area contributed by atoms with E-state index in [9.17, 15) is 10.1 Å². The topological polar surface area (TPSA) is 125 Å². The number of imidazole rings is 1. The molecule has 3 heterocycles. The van der Waals surface area contributed by atoms with E-state index in [4.69, 9.17) is 4.74 Å². The molecule has 160 valence electrons. The molecule has 0 amide bonds. The molecule has 0 radical (unpaired) electrons. The summed E-state index contributed by atoms with van der Waals surface area (Å²) in [7, 11) is 0. The first kappa shape index (κ1) is 19.5. The van der Waals surface area contributed by atoms with E-state index in [0.29, 0.717) is 17.0 Å². The first-order chi connectivity index (χ1) is 15.2. The molecule has 1 aliphatic heterocycles. The minimum Gasteiger partial charge on any atom is -0.385 e. The highest BCUT2D eigenvalue weighted by Crippen LogP contribution is 2.29. The lowest BCUT2D eigenvalue weighted by atomic mass is 10.2. The van der Waals surface area contributed by atoms with Crippen LogP contribution in [-0.4, -0.2) is 69.4 Å². The molecule has 31 heavy (non-hydrogen) atoms. The molecule has 2 aromatic heterocycles. The summed E-state index contributed by atoms with van der Waals surface area (Å²) in [6.07, 6.45) is 1.07. The highest BCUT2D eigenvalue weighted by atomic mass is 16.6. The number of anilines is 1. The molecule has 1 fully saturated rings. The van der Waals surface area contributed by atoms with Crippen molar-refractivity contribution in [2.75, 3.05) is 44.7 Å². The van der Waals surface area contributed by atoms with E-state index < -0.39 is 4.92 Å². The number of nitrogens with one attached hydrogen (secondary N) is 3. The van der Waals surface area contributed by atoms with Crippen LogP contribution in [0.5, 0.6) is 0 Å². The Bertz CT molecular complexity index is 1230. The summed E-state index contributed by atoms with van der Waals surface area (Å²) in [5.41, 5.74) is 4.05. The number of fused-ring (bicyclic) bond motifs is 2. The molecular formula is C21H23N7O3. The number of ether oxygens (including phenoxy) is 1. The molecule has 0 saturated carbocycles. The molecule has 0 atom stereocenters. The van der Waals surface area contributed by atoms with Gasteiger partial charge < -0.3 is 15.0 Å². The number of hydrogen-bond acceptors (Lipinski definition) is 7. The summed E-state index contributed by atoms with van der Waals surface area (Å²) >= 11 is 0. The monoisotopic (exact) mass is 421 g/mol. The van der Waals surface area contributed by atoms with Gasteiger partial charge in [0.1, 0.15) is 5.69 Å². The van der Waals surface area contributed by atoms with E-state index >= 15 is 0 Å². The Morgan fingerprint density at radius 2 is 2.03 bits per heavy atom. The van der Waals surface area contributed by atoms with Crippen molar-refractivity contribution in [3.8, 4) is 11.5 Å². The Hall–Kier alpha value is -3.50. The van der Waals surface area contributed by atoms with Crippen molar-refractivity contribution < 1.29 is 9.66 Å². The Labute approximate surface area is 177 Å². The van der Waals surface area contributed by atoms with Gasteiger partial charge in [-0.1, -0.05) is 0 Å². The molecule has 0 bridgehead atoms. The molecule has 0 aliphatic carbocycles. The van der Waals surface area contributed by atoms with Crippen molar-refractivity contribution in [3.05, 3.63) is 46.5 Å². The lowest BCUT2D eigenvalue weighted by Gasteiger charge is -2.26. The number of non-ortho nitro benzene ring substituents is 1. The third-order valence-corrected chi connectivity index (χ3v) is 5.55. The van der Waals surface area contributed by atoms with E-state index in [-0.39, 0.29) is 5.69 Å². The van der Waals surface area contributed by atoms with Crippen molar-refractivity contribution in [1.82, 2.24) is 25.1 Å². The van der Waals surface area contributed by atoms with E-state index in [1.54, 1.807) is 6.07 Å². The molecule has 10 heteroatoms. The van der Waals surface area contributed by atoms with Crippen molar-refractivity contribution in [2.45, 2.75) is 6.42 Å². The largest absolute Gasteiger partial charge is 0.385 e. The number of hydrogen-bond donors (Lipinski definition) is 3. The van der Waals surface area contributed by atoms with E-state index in [0.717, 1.165) is 67.9 Å². The third kappa shape index (κ3) is 4.07. The van der Waals surface area contributed by atoms with Crippen LogP contribution in [-0.2, 0) is 4.74 Å². The molecule has 1 saturated heterocycles. The van der Waals surface area contributed by atoms with Gasteiger partial charge in [-0.25, -0.2) is 4.98 Å². The van der Waals surface area contributed by atoms with Gasteiger partial charge in [0, 0.05) is 42.8 Å². The highest BCUT2D eigenvalue weighted by Gasteiger charge is 2.15. The lowest BCUT2D eigenvalue weighted by Crippen LogP contribution is -2.37. The maximum atomic E-state index is 11.0. The van der Waals surface area contributed by atoms with E-state index in [1.165, 1.54) is 12.1 Å². The number of aromatic nitrogens is 4. The highest BCUT2D eigenvalue weighted by molar-refractivity contribution is 5.94. The quantitative estimate of drug-likeness (QED) is 0.238. The van der Waals surface area contributed by atoms with Crippen LogP contribution in [0.1, 0.15) is 6.42 Å². The van der Waals surface area contributed by atoms with Gasteiger partial charge in [0.2, 0.25) is 0 Å². The molecule has 1 aliphatic rings. The molecule has 10 nitrogen and oxygen atoms in total. The minimum absolute atomic E-state index is 0.0247. The molecular weight excluding hydrogens is 398 g/mol. The number of rotatable bonds is 7. The van der Waals surface area contributed by atoms with E-state index in [1.807, 2.05) is 18.2 Å². The maximum Gasteiger partial charge on any atom is 0.271 e. The van der Waals surface area contributed by atoms with Crippen LogP contribution < -0.4 is 5.32 Å². The third-order valence-electron chi connectivity index (χ3n) is 5.55. The number of H-pyrrole nitrogens is 2. The van der Waals surface area contributed by atoms with Crippen LogP contribution in [0.25, 0.3) is 33.5 Å². The van der Waals surface area contributed by atoms with Crippen molar-refractivity contribution in [1.29, 1.82) is 0 Å². The summed E-state index contributed by atoms with van der Waals surface area (Å²) < 4.78 is 5.38. The van der Waals surface area contributed by atoms with Crippen LogP contribution in [0.4, 0.5) is 11.4 Å². The van der Waals surface area contributed by atoms with Crippen LogP contribution in [0.15, 0.2) is 36.4 Å². The first-order valence-electron chi connectivity index (χ1n) is 10.3. The van der Waals surface area contributed by atoms with Crippen LogP contribution >= 0.6 is 0 Å². The number of nitrogens with zero attached hydrogens (tertiary/aromatic N) is 4. The van der Waals surface area contributed by atoms with Crippen LogP contribution in [0.2, 0.25) is 0 Å². The summed E-state index contributed by atoms with van der Waals surface area (Å²) in [6, 6.07) is 10.7. The van der Waals surface area contributed by atoms with Crippen LogP contribution in [0.3, 0.4) is 0 Å². The average Bonchev–Trinajstić information content (AvgIpc) is 3.40. The fourth-order valence-electron chi connectivity index (χ4n) is 3.89. The minimum atomic E-state index is -0.420. The number of nitro groups is 1. The summed E-state index contributed by atoms with van der Waals surface area (Å²) in [5.74, 6) is 0.625. The van der Waals surface area contributed by atoms with Crippen molar-refractivity contribution >= 4 is 33.3 Å². The molecule has 5 rings (SSSR count). The van der Waals surface area contributed by atoms with Gasteiger partial charge in [-0.15, -0.1) is 0 Å². The zero-order chi connectivity index (χ0) is 21.2. The first-order valence-corrected chi connectivity index (χ1v) is 10.3. The standard InChI is InChI=1S/C21H23N7O3/c29-28(30)15-3-4-16-18(13-15)25-26-20(16)21-23-17-5-2-14(12-19(17)24-21)22-6-1-7-27-8-10-31-11-9-27/h2-5,12-13,22H,1,6-11H2,(H,23,24)(H,25,26). The molecule has 4 aromatic rings.